The minimum Gasteiger partial charge on any atom is -0.481 e. The molecule has 1 heterocycles. The Bertz CT molecular complexity index is 279. The van der Waals surface area contributed by atoms with Gasteiger partial charge in [0.15, 0.2) is 0 Å². The van der Waals surface area contributed by atoms with Gasteiger partial charge in [0.2, 0.25) is 5.91 Å². The summed E-state index contributed by atoms with van der Waals surface area (Å²) in [6.07, 6.45) is 2.54. The lowest BCUT2D eigenvalue weighted by molar-refractivity contribution is -0.140. The molecule has 1 amide bonds. The Morgan fingerprint density at radius 2 is 2.12 bits per heavy atom. The first kappa shape index (κ1) is 14.0. The highest BCUT2D eigenvalue weighted by atomic mass is 16.4. The fourth-order valence-corrected chi connectivity index (χ4v) is 2.18. The zero-order valence-corrected chi connectivity index (χ0v) is 10.7. The molecule has 1 aliphatic heterocycles. The Morgan fingerprint density at radius 3 is 2.71 bits per heavy atom. The van der Waals surface area contributed by atoms with E-state index in [0.29, 0.717) is 13.0 Å². The predicted molar refractivity (Wildman–Crippen MR) is 64.7 cm³/mol. The van der Waals surface area contributed by atoms with E-state index in [1.165, 1.54) is 0 Å². The SMILES string of the molecule is CN(C)CCC(=O)N1CCCC(CC(=O)O)C1. The molecule has 17 heavy (non-hydrogen) atoms. The zero-order valence-electron chi connectivity index (χ0n) is 10.7. The van der Waals surface area contributed by atoms with Gasteiger partial charge in [-0.3, -0.25) is 9.59 Å². The third kappa shape index (κ3) is 5.17. The van der Waals surface area contributed by atoms with Crippen molar-refractivity contribution in [1.29, 1.82) is 0 Å². The standard InChI is InChI=1S/C12H22N2O3/c1-13(2)7-5-11(15)14-6-3-4-10(9-14)8-12(16)17/h10H,3-9H2,1-2H3,(H,16,17). The summed E-state index contributed by atoms with van der Waals surface area (Å²) in [5, 5.41) is 8.76. The van der Waals surface area contributed by atoms with Crippen LogP contribution in [-0.4, -0.2) is 60.5 Å². The molecule has 1 fully saturated rings. The molecule has 1 saturated heterocycles. The quantitative estimate of drug-likeness (QED) is 0.769. The van der Waals surface area contributed by atoms with Gasteiger partial charge in [0.25, 0.3) is 0 Å². The minimum atomic E-state index is -0.766. The summed E-state index contributed by atoms with van der Waals surface area (Å²) >= 11 is 0. The van der Waals surface area contributed by atoms with Gasteiger partial charge in [-0.15, -0.1) is 0 Å². The second-order valence-corrected chi connectivity index (χ2v) is 5.00. The van der Waals surface area contributed by atoms with Crippen molar-refractivity contribution in [2.45, 2.75) is 25.7 Å². The molecular formula is C12H22N2O3. The van der Waals surface area contributed by atoms with Crippen LogP contribution in [0.2, 0.25) is 0 Å². The molecule has 0 aromatic rings. The molecule has 0 bridgehead atoms. The van der Waals surface area contributed by atoms with Crippen LogP contribution in [0, 0.1) is 5.92 Å². The molecular weight excluding hydrogens is 220 g/mol. The van der Waals surface area contributed by atoms with Crippen molar-refractivity contribution >= 4 is 11.9 Å². The van der Waals surface area contributed by atoms with E-state index in [1.54, 1.807) is 0 Å². The third-order valence-corrected chi connectivity index (χ3v) is 3.11. The molecule has 0 radical (unpaired) electrons. The first-order chi connectivity index (χ1) is 7.99. The van der Waals surface area contributed by atoms with E-state index in [2.05, 4.69) is 0 Å². The molecule has 1 atom stereocenters. The highest BCUT2D eigenvalue weighted by molar-refractivity contribution is 5.76. The number of carbonyl (C=O) groups is 2. The molecule has 0 aromatic heterocycles. The lowest BCUT2D eigenvalue weighted by Gasteiger charge is -2.32. The minimum absolute atomic E-state index is 0.129. The number of amides is 1. The van der Waals surface area contributed by atoms with Crippen molar-refractivity contribution < 1.29 is 14.7 Å². The highest BCUT2D eigenvalue weighted by Crippen LogP contribution is 2.20. The Kier molecular flexibility index (Phi) is 5.41. The number of nitrogens with zero attached hydrogens (tertiary/aromatic N) is 2. The lowest BCUT2D eigenvalue weighted by Crippen LogP contribution is -2.41. The van der Waals surface area contributed by atoms with E-state index in [9.17, 15) is 9.59 Å². The van der Waals surface area contributed by atoms with Gasteiger partial charge in [-0.2, -0.15) is 0 Å². The molecule has 5 nitrogen and oxygen atoms in total. The van der Waals surface area contributed by atoms with Crippen molar-refractivity contribution in [3.8, 4) is 0 Å². The molecule has 1 unspecified atom stereocenters. The van der Waals surface area contributed by atoms with Gasteiger partial charge in [-0.05, 0) is 32.9 Å². The fourth-order valence-electron chi connectivity index (χ4n) is 2.18. The van der Waals surface area contributed by atoms with Crippen molar-refractivity contribution in [2.75, 3.05) is 33.7 Å². The molecule has 0 aromatic carbocycles. The van der Waals surface area contributed by atoms with Crippen molar-refractivity contribution in [3.63, 3.8) is 0 Å². The van der Waals surface area contributed by atoms with Gasteiger partial charge >= 0.3 is 5.97 Å². The second kappa shape index (κ2) is 6.59. The van der Waals surface area contributed by atoms with Gasteiger partial charge in [0.1, 0.15) is 0 Å². The molecule has 0 spiro atoms. The van der Waals surface area contributed by atoms with Crippen LogP contribution >= 0.6 is 0 Å². The van der Waals surface area contributed by atoms with Crippen LogP contribution in [0.1, 0.15) is 25.7 Å². The van der Waals surface area contributed by atoms with E-state index < -0.39 is 5.97 Å². The van der Waals surface area contributed by atoms with E-state index in [1.807, 2.05) is 23.9 Å². The summed E-state index contributed by atoms with van der Waals surface area (Å²) < 4.78 is 0. The first-order valence-electron chi connectivity index (χ1n) is 6.13. The first-order valence-corrected chi connectivity index (χ1v) is 6.13. The molecule has 0 aliphatic carbocycles. The number of rotatable bonds is 5. The van der Waals surface area contributed by atoms with Crippen LogP contribution < -0.4 is 0 Å². The fraction of sp³-hybridized carbons (Fsp3) is 0.833. The summed E-state index contributed by atoms with van der Waals surface area (Å²) in [6, 6.07) is 0. The Balaban J connectivity index is 2.37. The third-order valence-electron chi connectivity index (χ3n) is 3.11. The van der Waals surface area contributed by atoms with E-state index in [-0.39, 0.29) is 18.2 Å². The van der Waals surface area contributed by atoms with Crippen molar-refractivity contribution in [3.05, 3.63) is 0 Å². The number of likely N-dealkylation sites (tertiary alicyclic amines) is 1. The van der Waals surface area contributed by atoms with Gasteiger partial charge in [-0.1, -0.05) is 0 Å². The number of carboxylic acid groups (broad SMARTS) is 1. The van der Waals surface area contributed by atoms with Crippen molar-refractivity contribution in [2.24, 2.45) is 5.92 Å². The number of aliphatic carboxylic acids is 1. The monoisotopic (exact) mass is 242 g/mol. The average molecular weight is 242 g/mol. The van der Waals surface area contributed by atoms with Gasteiger partial charge in [0, 0.05) is 32.5 Å². The smallest absolute Gasteiger partial charge is 0.303 e. The summed E-state index contributed by atoms with van der Waals surface area (Å²) in [5.74, 6) is -0.490. The van der Waals surface area contributed by atoms with Crippen molar-refractivity contribution in [1.82, 2.24) is 9.80 Å². The summed E-state index contributed by atoms with van der Waals surface area (Å²) in [5.41, 5.74) is 0. The summed E-state index contributed by atoms with van der Waals surface area (Å²) in [7, 11) is 3.88. The highest BCUT2D eigenvalue weighted by Gasteiger charge is 2.24. The summed E-state index contributed by atoms with van der Waals surface area (Å²) in [4.78, 5) is 26.3. The molecule has 1 rings (SSSR count). The molecule has 1 N–H and O–H groups in total. The van der Waals surface area contributed by atoms with Gasteiger partial charge in [-0.25, -0.2) is 0 Å². The molecule has 98 valence electrons. The number of carboxylic acids is 1. The van der Waals surface area contributed by atoms with Crippen LogP contribution in [0.3, 0.4) is 0 Å². The van der Waals surface area contributed by atoms with Crippen LogP contribution in [0.25, 0.3) is 0 Å². The van der Waals surface area contributed by atoms with Crippen LogP contribution in [0.4, 0.5) is 0 Å². The number of piperidine rings is 1. The van der Waals surface area contributed by atoms with Gasteiger partial charge in [0.05, 0.1) is 0 Å². The van der Waals surface area contributed by atoms with E-state index in [0.717, 1.165) is 25.9 Å². The average Bonchev–Trinajstić information content (AvgIpc) is 2.25. The normalized spacial score (nSPS) is 20.6. The largest absolute Gasteiger partial charge is 0.481 e. The topological polar surface area (TPSA) is 60.9 Å². The van der Waals surface area contributed by atoms with Crippen LogP contribution in [0.5, 0.6) is 0 Å². The van der Waals surface area contributed by atoms with Gasteiger partial charge < -0.3 is 14.9 Å². The van der Waals surface area contributed by atoms with E-state index >= 15 is 0 Å². The van der Waals surface area contributed by atoms with Crippen LogP contribution in [0.15, 0.2) is 0 Å². The Morgan fingerprint density at radius 1 is 1.41 bits per heavy atom. The lowest BCUT2D eigenvalue weighted by atomic mass is 9.94. The zero-order chi connectivity index (χ0) is 12.8. The number of carbonyl (C=O) groups excluding carboxylic acids is 1. The van der Waals surface area contributed by atoms with E-state index in [4.69, 9.17) is 5.11 Å². The second-order valence-electron chi connectivity index (χ2n) is 5.00. The number of hydrogen-bond donors (Lipinski definition) is 1. The predicted octanol–water partition coefficient (Wildman–Crippen LogP) is 0.651. The van der Waals surface area contributed by atoms with Crippen LogP contribution in [-0.2, 0) is 9.59 Å². The Hall–Kier alpha value is -1.10. The maximum absolute atomic E-state index is 11.9. The number of hydrogen-bond acceptors (Lipinski definition) is 3. The summed E-state index contributed by atoms with van der Waals surface area (Å²) in [6.45, 7) is 2.14. The maximum atomic E-state index is 11.9. The maximum Gasteiger partial charge on any atom is 0.303 e. The molecule has 5 heteroatoms. The molecule has 0 saturated carbocycles. The molecule has 1 aliphatic rings. The Labute approximate surface area is 102 Å².